The van der Waals surface area contributed by atoms with Crippen LogP contribution in [0.3, 0.4) is 0 Å². The molecule has 0 radical (unpaired) electrons. The van der Waals surface area contributed by atoms with Crippen LogP contribution in [0.25, 0.3) is 11.5 Å². The maximum absolute atomic E-state index is 12.9. The van der Waals surface area contributed by atoms with Gasteiger partial charge in [0.05, 0.1) is 11.8 Å². The third-order valence-electron chi connectivity index (χ3n) is 6.17. The van der Waals surface area contributed by atoms with E-state index in [0.29, 0.717) is 11.1 Å². The summed E-state index contributed by atoms with van der Waals surface area (Å²) >= 11 is 1.29. The fourth-order valence-corrected chi connectivity index (χ4v) is 5.01. The summed E-state index contributed by atoms with van der Waals surface area (Å²) in [7, 11) is 1.90. The minimum absolute atomic E-state index is 0.0695. The number of thioether (sulfide) groups is 1. The molecular weight excluding hydrogens is 420 g/mol. The second kappa shape index (κ2) is 10.2. The highest BCUT2D eigenvalue weighted by Crippen LogP contribution is 2.34. The molecule has 0 N–H and O–H groups in total. The standard InChI is InChI=1S/C25H30N4O2S/c1-4-29(5-2)20-15-13-19(14-16-20)24-26-27-25(31-24)32-17-23(30)28(3)22-12-8-10-18-9-6-7-11-21(18)22/h6-7,9,11,13-16,22H,4-5,8,10,12,17H2,1-3H3. The SMILES string of the molecule is CCN(CC)c1ccc(-c2nnc(SCC(=O)N(C)C3CCCc4ccccc43)o2)cc1. The fourth-order valence-electron chi connectivity index (χ4n) is 4.32. The van der Waals surface area contributed by atoms with Crippen molar-refractivity contribution in [3.63, 3.8) is 0 Å². The molecule has 4 rings (SSSR count). The van der Waals surface area contributed by atoms with Gasteiger partial charge >= 0.3 is 0 Å². The Balaban J connectivity index is 1.37. The summed E-state index contributed by atoms with van der Waals surface area (Å²) in [5.74, 6) is 0.818. The summed E-state index contributed by atoms with van der Waals surface area (Å²) in [6, 6.07) is 16.7. The summed E-state index contributed by atoms with van der Waals surface area (Å²) < 4.78 is 5.81. The van der Waals surface area contributed by atoms with Gasteiger partial charge in [-0.25, -0.2) is 0 Å². The molecule has 7 heteroatoms. The zero-order valence-electron chi connectivity index (χ0n) is 19.0. The number of benzene rings is 2. The molecule has 0 spiro atoms. The topological polar surface area (TPSA) is 62.5 Å². The third-order valence-corrected chi connectivity index (χ3v) is 6.97. The first kappa shape index (κ1) is 22.4. The molecule has 0 saturated heterocycles. The molecule has 1 unspecified atom stereocenters. The molecule has 32 heavy (non-hydrogen) atoms. The van der Waals surface area contributed by atoms with E-state index in [1.165, 1.54) is 28.6 Å². The van der Waals surface area contributed by atoms with Crippen LogP contribution in [-0.4, -0.2) is 46.9 Å². The van der Waals surface area contributed by atoms with Crippen LogP contribution in [0.1, 0.15) is 43.9 Å². The van der Waals surface area contributed by atoms with Crippen LogP contribution in [0.5, 0.6) is 0 Å². The molecule has 1 atom stereocenters. The van der Waals surface area contributed by atoms with Gasteiger partial charge < -0.3 is 14.2 Å². The van der Waals surface area contributed by atoms with Crippen molar-refractivity contribution in [1.82, 2.24) is 15.1 Å². The lowest BCUT2D eigenvalue weighted by Gasteiger charge is -2.33. The van der Waals surface area contributed by atoms with E-state index < -0.39 is 0 Å². The van der Waals surface area contributed by atoms with Crippen LogP contribution in [0.2, 0.25) is 0 Å². The Bertz CT molecular complexity index is 1050. The van der Waals surface area contributed by atoms with E-state index in [4.69, 9.17) is 4.42 Å². The summed E-state index contributed by atoms with van der Waals surface area (Å²) in [5, 5.41) is 8.71. The minimum Gasteiger partial charge on any atom is -0.411 e. The smallest absolute Gasteiger partial charge is 0.277 e. The van der Waals surface area contributed by atoms with E-state index in [1.54, 1.807) is 0 Å². The monoisotopic (exact) mass is 450 g/mol. The summed E-state index contributed by atoms with van der Waals surface area (Å²) in [5.41, 5.74) is 4.67. The van der Waals surface area contributed by atoms with Gasteiger partial charge in [0.15, 0.2) is 0 Å². The van der Waals surface area contributed by atoms with Gasteiger partial charge in [0.2, 0.25) is 11.8 Å². The van der Waals surface area contributed by atoms with Crippen LogP contribution < -0.4 is 4.90 Å². The molecule has 168 valence electrons. The van der Waals surface area contributed by atoms with Gasteiger partial charge in [-0.15, -0.1) is 10.2 Å². The lowest BCUT2D eigenvalue weighted by atomic mass is 9.87. The zero-order chi connectivity index (χ0) is 22.5. The lowest BCUT2D eigenvalue weighted by molar-refractivity contribution is -0.129. The molecule has 1 aromatic heterocycles. The summed E-state index contributed by atoms with van der Waals surface area (Å²) in [6.07, 6.45) is 3.19. The number of amides is 1. The minimum atomic E-state index is 0.0695. The molecule has 0 bridgehead atoms. The Morgan fingerprint density at radius 1 is 1.09 bits per heavy atom. The number of hydrogen-bond acceptors (Lipinski definition) is 6. The van der Waals surface area contributed by atoms with Crippen LogP contribution in [-0.2, 0) is 11.2 Å². The van der Waals surface area contributed by atoms with E-state index >= 15 is 0 Å². The Labute approximate surface area is 194 Å². The summed E-state index contributed by atoms with van der Waals surface area (Å²) in [4.78, 5) is 17.0. The predicted molar refractivity (Wildman–Crippen MR) is 129 cm³/mol. The van der Waals surface area contributed by atoms with E-state index in [9.17, 15) is 4.79 Å². The lowest BCUT2D eigenvalue weighted by Crippen LogP contribution is -2.34. The first-order valence-corrected chi connectivity index (χ1v) is 12.2. The number of aromatic nitrogens is 2. The van der Waals surface area contributed by atoms with E-state index in [0.717, 1.165) is 37.9 Å². The van der Waals surface area contributed by atoms with Gasteiger partial charge in [-0.05, 0) is 68.5 Å². The van der Waals surface area contributed by atoms with Crippen LogP contribution in [0, 0.1) is 0 Å². The highest BCUT2D eigenvalue weighted by Gasteiger charge is 2.26. The first-order valence-electron chi connectivity index (χ1n) is 11.3. The third kappa shape index (κ3) is 4.83. The Morgan fingerprint density at radius 3 is 2.59 bits per heavy atom. The Hall–Kier alpha value is -2.80. The van der Waals surface area contributed by atoms with Crippen molar-refractivity contribution in [3.8, 4) is 11.5 Å². The van der Waals surface area contributed by atoms with Crippen molar-refractivity contribution >= 4 is 23.4 Å². The molecule has 1 aliphatic carbocycles. The normalized spacial score (nSPS) is 15.3. The van der Waals surface area contributed by atoms with Crippen molar-refractivity contribution in [2.24, 2.45) is 0 Å². The second-order valence-electron chi connectivity index (χ2n) is 7.99. The number of hydrogen-bond donors (Lipinski definition) is 0. The maximum Gasteiger partial charge on any atom is 0.277 e. The molecule has 0 aliphatic heterocycles. The van der Waals surface area contributed by atoms with E-state index in [1.807, 2.05) is 24.1 Å². The van der Waals surface area contributed by atoms with Crippen molar-refractivity contribution in [2.75, 3.05) is 30.8 Å². The van der Waals surface area contributed by atoms with Gasteiger partial charge in [0.25, 0.3) is 5.22 Å². The van der Waals surface area contributed by atoms with Crippen molar-refractivity contribution in [1.29, 1.82) is 0 Å². The Morgan fingerprint density at radius 2 is 1.84 bits per heavy atom. The molecule has 6 nitrogen and oxygen atoms in total. The van der Waals surface area contributed by atoms with Crippen molar-refractivity contribution in [2.45, 2.75) is 44.4 Å². The molecular formula is C25H30N4O2S. The highest BCUT2D eigenvalue weighted by molar-refractivity contribution is 7.99. The predicted octanol–water partition coefficient (Wildman–Crippen LogP) is 5.21. The number of carbonyl (C=O) groups excluding carboxylic acids is 1. The maximum atomic E-state index is 12.9. The van der Waals surface area contributed by atoms with Gasteiger partial charge in [0.1, 0.15) is 0 Å². The molecule has 1 amide bonds. The molecule has 0 saturated carbocycles. The second-order valence-corrected chi connectivity index (χ2v) is 8.92. The number of fused-ring (bicyclic) bond motifs is 1. The number of rotatable bonds is 8. The first-order chi connectivity index (χ1) is 15.6. The highest BCUT2D eigenvalue weighted by atomic mass is 32.2. The van der Waals surface area contributed by atoms with E-state index in [2.05, 4.69) is 65.3 Å². The quantitative estimate of drug-likeness (QED) is 0.439. The van der Waals surface area contributed by atoms with Gasteiger partial charge in [0, 0.05) is 31.4 Å². The molecule has 1 aliphatic rings. The van der Waals surface area contributed by atoms with E-state index in [-0.39, 0.29) is 17.7 Å². The van der Waals surface area contributed by atoms with Gasteiger partial charge in [-0.2, -0.15) is 0 Å². The molecule has 2 aromatic carbocycles. The summed E-state index contributed by atoms with van der Waals surface area (Å²) in [6.45, 7) is 6.22. The zero-order valence-corrected chi connectivity index (χ0v) is 19.8. The number of nitrogens with zero attached hydrogens (tertiary/aromatic N) is 4. The van der Waals surface area contributed by atoms with Crippen LogP contribution >= 0.6 is 11.8 Å². The van der Waals surface area contributed by atoms with Crippen molar-refractivity contribution < 1.29 is 9.21 Å². The Kier molecular flexibility index (Phi) is 7.15. The fraction of sp³-hybridized carbons (Fsp3) is 0.400. The number of aryl methyl sites for hydroxylation is 1. The van der Waals surface area contributed by atoms with Crippen LogP contribution in [0.15, 0.2) is 58.2 Å². The average Bonchev–Trinajstić information content (AvgIpc) is 3.32. The molecule has 1 heterocycles. The van der Waals surface area contributed by atoms with Crippen LogP contribution in [0.4, 0.5) is 5.69 Å². The molecule has 3 aromatic rings. The number of anilines is 1. The average molecular weight is 451 g/mol. The largest absolute Gasteiger partial charge is 0.411 e. The van der Waals surface area contributed by atoms with Gasteiger partial charge in [-0.1, -0.05) is 36.0 Å². The van der Waals surface area contributed by atoms with Crippen molar-refractivity contribution in [3.05, 3.63) is 59.7 Å². The molecule has 0 fully saturated rings. The number of carbonyl (C=O) groups is 1. The van der Waals surface area contributed by atoms with Gasteiger partial charge in [-0.3, -0.25) is 4.79 Å².